The topological polar surface area (TPSA) is 112 Å². The normalized spacial score (nSPS) is 18.3. The minimum atomic E-state index is -3.65. The highest BCUT2D eigenvalue weighted by molar-refractivity contribution is 7.91. The second-order valence-corrected chi connectivity index (χ2v) is 11.0. The summed E-state index contributed by atoms with van der Waals surface area (Å²) < 4.78 is 27.5. The number of hydrogen-bond donors (Lipinski definition) is 1. The second kappa shape index (κ2) is 9.05. The second-order valence-electron chi connectivity index (χ2n) is 7.77. The molecule has 2 aromatic heterocycles. The maximum atomic E-state index is 13.0. The summed E-state index contributed by atoms with van der Waals surface area (Å²) in [4.78, 5) is 28.9. The van der Waals surface area contributed by atoms with Gasteiger partial charge in [-0.15, -0.1) is 0 Å². The third-order valence-electron chi connectivity index (χ3n) is 5.39. The van der Waals surface area contributed by atoms with Crippen molar-refractivity contribution in [3.63, 3.8) is 0 Å². The van der Waals surface area contributed by atoms with Gasteiger partial charge >= 0.3 is 0 Å². The van der Waals surface area contributed by atoms with Crippen molar-refractivity contribution >= 4 is 44.2 Å². The van der Waals surface area contributed by atoms with Gasteiger partial charge in [-0.2, -0.15) is 9.29 Å². The number of carbonyl (C=O) groups is 1. The molecule has 0 aromatic carbocycles. The minimum Gasteiger partial charge on any atom is -0.356 e. The molecule has 2 fully saturated rings. The standard InChI is InChI=1S/C19H27N7O3S2/c1-14-12-16(24-6-4-3-5-7-24)23-18(21-14)25-8-10-26(11-9-25)31(28,29)17-13-20-19(30-17)22-15(2)27/h12-13H,3-11H2,1-2H3,(H,20,22,27). The van der Waals surface area contributed by atoms with Gasteiger partial charge in [-0.1, -0.05) is 11.3 Å². The Morgan fingerprint density at radius 3 is 2.42 bits per heavy atom. The Balaban J connectivity index is 1.44. The number of piperidine rings is 1. The molecule has 168 valence electrons. The van der Waals surface area contributed by atoms with Crippen LogP contribution in [0, 0.1) is 6.92 Å². The van der Waals surface area contributed by atoms with Crippen LogP contribution in [0.1, 0.15) is 31.9 Å². The molecule has 2 saturated heterocycles. The fourth-order valence-corrected chi connectivity index (χ4v) is 6.46. The highest BCUT2D eigenvalue weighted by Crippen LogP contribution is 2.27. The molecule has 0 unspecified atom stereocenters. The van der Waals surface area contributed by atoms with Gasteiger partial charge < -0.3 is 15.1 Å². The van der Waals surface area contributed by atoms with E-state index in [-0.39, 0.29) is 15.2 Å². The third-order valence-corrected chi connectivity index (χ3v) is 8.64. The first-order valence-corrected chi connectivity index (χ1v) is 12.7. The zero-order valence-corrected chi connectivity index (χ0v) is 19.4. The zero-order valence-electron chi connectivity index (χ0n) is 17.7. The fraction of sp³-hybridized carbons (Fsp3) is 0.579. The Labute approximate surface area is 186 Å². The maximum Gasteiger partial charge on any atom is 0.254 e. The predicted molar refractivity (Wildman–Crippen MR) is 120 cm³/mol. The van der Waals surface area contributed by atoms with Crippen LogP contribution in [0.4, 0.5) is 16.9 Å². The molecule has 0 radical (unpaired) electrons. The van der Waals surface area contributed by atoms with E-state index in [1.54, 1.807) is 0 Å². The van der Waals surface area contributed by atoms with Gasteiger partial charge in [0, 0.05) is 58.0 Å². The Morgan fingerprint density at radius 1 is 1.03 bits per heavy atom. The fourth-order valence-electron chi connectivity index (χ4n) is 3.81. The quantitative estimate of drug-likeness (QED) is 0.710. The molecule has 1 amide bonds. The minimum absolute atomic E-state index is 0.129. The number of nitrogens with one attached hydrogen (secondary N) is 1. The Kier molecular flexibility index (Phi) is 6.39. The van der Waals surface area contributed by atoms with E-state index in [0.29, 0.717) is 32.1 Å². The van der Waals surface area contributed by atoms with E-state index in [0.717, 1.165) is 35.9 Å². The number of rotatable bonds is 5. The van der Waals surface area contributed by atoms with Crippen LogP contribution in [0.25, 0.3) is 0 Å². The van der Waals surface area contributed by atoms with Gasteiger partial charge in [0.15, 0.2) is 9.34 Å². The summed E-state index contributed by atoms with van der Waals surface area (Å²) in [7, 11) is -3.65. The molecule has 2 aliphatic heterocycles. The first-order valence-electron chi connectivity index (χ1n) is 10.4. The van der Waals surface area contributed by atoms with E-state index < -0.39 is 10.0 Å². The molecule has 4 rings (SSSR count). The number of carbonyl (C=O) groups excluding carboxylic acids is 1. The summed E-state index contributed by atoms with van der Waals surface area (Å²) >= 11 is 0.962. The summed E-state index contributed by atoms with van der Waals surface area (Å²) in [6.07, 6.45) is 4.91. The molecule has 1 N–H and O–H groups in total. The van der Waals surface area contributed by atoms with E-state index >= 15 is 0 Å². The van der Waals surface area contributed by atoms with Crippen LogP contribution in [0.3, 0.4) is 0 Å². The Morgan fingerprint density at radius 2 is 1.74 bits per heavy atom. The molecular weight excluding hydrogens is 438 g/mol. The smallest absolute Gasteiger partial charge is 0.254 e. The molecule has 10 nitrogen and oxygen atoms in total. The zero-order chi connectivity index (χ0) is 22.0. The molecular formula is C19H27N7O3S2. The number of piperazine rings is 1. The SMILES string of the molecule is CC(=O)Nc1ncc(S(=O)(=O)N2CCN(c3nc(C)cc(N4CCCCC4)n3)CC2)s1. The number of anilines is 3. The molecule has 2 aliphatic rings. The van der Waals surface area contributed by atoms with Crippen LogP contribution in [0.15, 0.2) is 16.5 Å². The first kappa shape index (κ1) is 21.9. The lowest BCUT2D eigenvalue weighted by Crippen LogP contribution is -2.49. The number of aromatic nitrogens is 3. The van der Waals surface area contributed by atoms with Gasteiger partial charge in [-0.3, -0.25) is 4.79 Å². The monoisotopic (exact) mass is 465 g/mol. The van der Waals surface area contributed by atoms with Gasteiger partial charge in [0.25, 0.3) is 10.0 Å². The summed E-state index contributed by atoms with van der Waals surface area (Å²) in [5.41, 5.74) is 0.913. The summed E-state index contributed by atoms with van der Waals surface area (Å²) in [5.74, 6) is 1.32. The predicted octanol–water partition coefficient (Wildman–Crippen LogP) is 1.70. The van der Waals surface area contributed by atoms with Crippen molar-refractivity contribution in [1.82, 2.24) is 19.3 Å². The molecule has 0 saturated carbocycles. The molecule has 12 heteroatoms. The molecule has 31 heavy (non-hydrogen) atoms. The average molecular weight is 466 g/mol. The van der Waals surface area contributed by atoms with Gasteiger partial charge in [-0.05, 0) is 26.2 Å². The van der Waals surface area contributed by atoms with Crippen molar-refractivity contribution in [3.8, 4) is 0 Å². The van der Waals surface area contributed by atoms with E-state index in [1.165, 1.54) is 36.7 Å². The lowest BCUT2D eigenvalue weighted by molar-refractivity contribution is -0.114. The summed E-state index contributed by atoms with van der Waals surface area (Å²) in [6.45, 7) is 7.06. The van der Waals surface area contributed by atoms with Crippen LogP contribution in [-0.2, 0) is 14.8 Å². The van der Waals surface area contributed by atoms with Gasteiger partial charge in [0.1, 0.15) is 5.82 Å². The van der Waals surface area contributed by atoms with Crippen molar-refractivity contribution in [2.75, 3.05) is 54.4 Å². The van der Waals surface area contributed by atoms with Crippen LogP contribution < -0.4 is 15.1 Å². The highest BCUT2D eigenvalue weighted by Gasteiger charge is 2.31. The van der Waals surface area contributed by atoms with E-state index in [4.69, 9.17) is 4.98 Å². The van der Waals surface area contributed by atoms with E-state index in [1.807, 2.05) is 17.9 Å². The Bertz CT molecular complexity index is 1040. The molecule has 0 atom stereocenters. The van der Waals surface area contributed by atoms with Crippen molar-refractivity contribution in [1.29, 1.82) is 0 Å². The summed E-state index contributed by atoms with van der Waals surface area (Å²) in [5, 5.41) is 2.80. The van der Waals surface area contributed by atoms with Crippen LogP contribution in [0.5, 0.6) is 0 Å². The first-order chi connectivity index (χ1) is 14.8. The molecule has 0 spiro atoms. The molecule has 0 aliphatic carbocycles. The van der Waals surface area contributed by atoms with Crippen LogP contribution >= 0.6 is 11.3 Å². The van der Waals surface area contributed by atoms with E-state index in [2.05, 4.69) is 20.2 Å². The van der Waals surface area contributed by atoms with Crippen LogP contribution in [-0.4, -0.2) is 72.9 Å². The largest absolute Gasteiger partial charge is 0.356 e. The van der Waals surface area contributed by atoms with Crippen LogP contribution in [0.2, 0.25) is 0 Å². The third kappa shape index (κ3) is 4.96. The number of sulfonamides is 1. The highest BCUT2D eigenvalue weighted by atomic mass is 32.2. The maximum absolute atomic E-state index is 13.0. The van der Waals surface area contributed by atoms with Crippen molar-refractivity contribution in [2.45, 2.75) is 37.3 Å². The number of nitrogens with zero attached hydrogens (tertiary/aromatic N) is 6. The number of thiazole rings is 1. The molecule has 4 heterocycles. The van der Waals surface area contributed by atoms with Gasteiger partial charge in [-0.25, -0.2) is 18.4 Å². The Hall–Kier alpha value is -2.31. The summed E-state index contributed by atoms with van der Waals surface area (Å²) in [6, 6.07) is 2.02. The van der Waals surface area contributed by atoms with Crippen molar-refractivity contribution in [3.05, 3.63) is 18.0 Å². The lowest BCUT2D eigenvalue weighted by atomic mass is 10.1. The number of aryl methyl sites for hydroxylation is 1. The number of hydrogen-bond acceptors (Lipinski definition) is 9. The molecule has 2 aromatic rings. The van der Waals surface area contributed by atoms with Gasteiger partial charge in [0.2, 0.25) is 11.9 Å². The van der Waals surface area contributed by atoms with E-state index in [9.17, 15) is 13.2 Å². The van der Waals surface area contributed by atoms with Gasteiger partial charge in [0.05, 0.1) is 6.20 Å². The van der Waals surface area contributed by atoms with Crippen molar-refractivity contribution in [2.24, 2.45) is 0 Å². The lowest BCUT2D eigenvalue weighted by Gasteiger charge is -2.34. The average Bonchev–Trinajstić information content (AvgIpc) is 3.23. The van der Waals surface area contributed by atoms with Crippen molar-refractivity contribution < 1.29 is 13.2 Å². The molecule has 0 bridgehead atoms. The number of amides is 1.